The Morgan fingerprint density at radius 2 is 1.20 bits per heavy atom. The molecule has 0 fully saturated rings. The van der Waals surface area contributed by atoms with Crippen molar-refractivity contribution < 1.29 is 24.6 Å². The normalized spacial score (nSPS) is 13.0. The van der Waals surface area contributed by atoms with Crippen LogP contribution in [0.2, 0.25) is 0 Å². The summed E-state index contributed by atoms with van der Waals surface area (Å²) in [6.07, 6.45) is -1.64. The summed E-state index contributed by atoms with van der Waals surface area (Å²) in [4.78, 5) is 33.7. The molecule has 0 radical (unpaired) electrons. The molecule has 0 aliphatic carbocycles. The van der Waals surface area contributed by atoms with Crippen LogP contribution in [-0.2, 0) is 0 Å². The number of carbonyl (C=O) groups excluding carboxylic acids is 1. The fourth-order valence-electron chi connectivity index (χ4n) is 1.30. The molecule has 0 saturated heterocycles. The van der Waals surface area contributed by atoms with Gasteiger partial charge in [0.05, 0.1) is 12.1 Å². The van der Waals surface area contributed by atoms with Gasteiger partial charge in [-0.25, -0.2) is 35.3 Å². The Bertz CT molecular complexity index is 331. The maximum atomic E-state index is 11.7. The molecule has 0 saturated carbocycles. The highest BCUT2D eigenvalue weighted by atomic mass is 16.4. The van der Waals surface area contributed by atoms with E-state index in [9.17, 15) is 14.4 Å². The van der Waals surface area contributed by atoms with E-state index < -0.39 is 30.3 Å². The second-order valence-electron chi connectivity index (χ2n) is 4.37. The molecular weight excluding hydrogens is 268 g/mol. The third kappa shape index (κ3) is 5.21. The number of nitrogens with zero attached hydrogens (tertiary/aromatic N) is 2. The lowest BCUT2D eigenvalue weighted by molar-refractivity contribution is 0.0820. The Labute approximate surface area is 117 Å². The molecule has 0 heterocycles. The van der Waals surface area contributed by atoms with Gasteiger partial charge in [-0.05, 0) is 26.7 Å². The number of carbonyl (C=O) groups is 3. The predicted molar refractivity (Wildman–Crippen MR) is 70.9 cm³/mol. The van der Waals surface area contributed by atoms with Crippen LogP contribution >= 0.6 is 0 Å². The van der Waals surface area contributed by atoms with Crippen LogP contribution in [-0.4, -0.2) is 50.5 Å². The zero-order chi connectivity index (χ0) is 15.9. The number of carboxylic acid groups (broad SMARTS) is 2. The van der Waals surface area contributed by atoms with Crippen molar-refractivity contribution in [1.82, 2.24) is 20.9 Å². The van der Waals surface area contributed by atoms with E-state index in [1.54, 1.807) is 27.7 Å². The highest BCUT2D eigenvalue weighted by molar-refractivity contribution is 5.79. The summed E-state index contributed by atoms with van der Waals surface area (Å²) in [5, 5.41) is 19.4. The highest BCUT2D eigenvalue weighted by Gasteiger charge is 2.24. The molecule has 20 heavy (non-hydrogen) atoms. The average Bonchev–Trinajstić information content (AvgIpc) is 2.39. The number of hydrogen-bond acceptors (Lipinski definition) is 3. The summed E-state index contributed by atoms with van der Waals surface area (Å²) in [5.41, 5.74) is 4.22. The smallest absolute Gasteiger partial charge is 0.426 e. The van der Waals surface area contributed by atoms with Gasteiger partial charge in [0.2, 0.25) is 0 Å². The van der Waals surface area contributed by atoms with Crippen LogP contribution in [0.1, 0.15) is 40.5 Å². The van der Waals surface area contributed by atoms with Gasteiger partial charge in [0, 0.05) is 0 Å². The summed E-state index contributed by atoms with van der Waals surface area (Å²) in [6, 6.07) is -1.78. The third-order valence-electron chi connectivity index (χ3n) is 2.92. The Morgan fingerprint density at radius 1 is 0.900 bits per heavy atom. The van der Waals surface area contributed by atoms with Crippen molar-refractivity contribution in [2.24, 2.45) is 0 Å². The van der Waals surface area contributed by atoms with E-state index in [1.165, 1.54) is 0 Å². The summed E-state index contributed by atoms with van der Waals surface area (Å²) in [6.45, 7) is 6.78. The minimum absolute atomic E-state index is 0.430. The molecule has 2 unspecified atom stereocenters. The Hall–Kier alpha value is -2.19. The molecule has 0 aliphatic heterocycles. The molecule has 0 rings (SSSR count). The van der Waals surface area contributed by atoms with Gasteiger partial charge >= 0.3 is 18.2 Å². The van der Waals surface area contributed by atoms with Gasteiger partial charge in [0.1, 0.15) is 0 Å². The van der Waals surface area contributed by atoms with Crippen LogP contribution in [0, 0.1) is 0 Å². The predicted octanol–water partition coefficient (Wildman–Crippen LogP) is 1.67. The van der Waals surface area contributed by atoms with Crippen molar-refractivity contribution in [3.8, 4) is 0 Å². The molecule has 0 aliphatic rings. The molecular formula is C11H22N4O5. The molecule has 4 N–H and O–H groups in total. The molecule has 0 aromatic carbocycles. The molecule has 0 bridgehead atoms. The van der Waals surface area contributed by atoms with Gasteiger partial charge in [0.15, 0.2) is 0 Å². The standard InChI is InChI=1S/C11H22N4O5/c1-5-7(3)14(10(17)18)12-9(16)13-15(11(19)20)8(4)6-2/h7-8H,5-6H2,1-4H3,(H,17,18)(H,19,20)(H2,12,13,16). The molecule has 0 aromatic rings. The lowest BCUT2D eigenvalue weighted by atomic mass is 10.2. The molecule has 0 aromatic heterocycles. The van der Waals surface area contributed by atoms with E-state index in [4.69, 9.17) is 10.2 Å². The van der Waals surface area contributed by atoms with Crippen LogP contribution in [0.5, 0.6) is 0 Å². The molecule has 4 amide bonds. The fourth-order valence-corrected chi connectivity index (χ4v) is 1.30. The number of hydrogen-bond donors (Lipinski definition) is 4. The topological polar surface area (TPSA) is 122 Å². The number of urea groups is 1. The zero-order valence-electron chi connectivity index (χ0n) is 12.1. The molecule has 116 valence electrons. The summed E-state index contributed by atoms with van der Waals surface area (Å²) in [7, 11) is 0. The van der Waals surface area contributed by atoms with Crippen LogP contribution in [0.15, 0.2) is 0 Å². The van der Waals surface area contributed by atoms with Crippen LogP contribution in [0.3, 0.4) is 0 Å². The molecule has 9 heteroatoms. The maximum Gasteiger partial charge on any atom is 0.426 e. The first-order chi connectivity index (χ1) is 9.24. The van der Waals surface area contributed by atoms with Crippen molar-refractivity contribution in [3.05, 3.63) is 0 Å². The van der Waals surface area contributed by atoms with Gasteiger partial charge in [-0.3, -0.25) is 0 Å². The Balaban J connectivity index is 4.73. The van der Waals surface area contributed by atoms with E-state index in [0.717, 1.165) is 10.0 Å². The number of rotatable bonds is 4. The maximum absolute atomic E-state index is 11.7. The van der Waals surface area contributed by atoms with Gasteiger partial charge in [-0.1, -0.05) is 13.8 Å². The number of hydrazine groups is 2. The molecule has 9 nitrogen and oxygen atoms in total. The van der Waals surface area contributed by atoms with Crippen molar-refractivity contribution in [1.29, 1.82) is 0 Å². The van der Waals surface area contributed by atoms with Crippen LogP contribution < -0.4 is 10.9 Å². The van der Waals surface area contributed by atoms with E-state index in [-0.39, 0.29) is 0 Å². The van der Waals surface area contributed by atoms with Gasteiger partial charge < -0.3 is 10.2 Å². The summed E-state index contributed by atoms with van der Waals surface area (Å²) < 4.78 is 0. The first kappa shape index (κ1) is 17.8. The monoisotopic (exact) mass is 290 g/mol. The van der Waals surface area contributed by atoms with Crippen molar-refractivity contribution >= 4 is 18.2 Å². The van der Waals surface area contributed by atoms with Crippen LogP contribution in [0.4, 0.5) is 14.4 Å². The van der Waals surface area contributed by atoms with E-state index in [1.807, 2.05) is 0 Å². The second-order valence-corrected chi connectivity index (χ2v) is 4.37. The lowest BCUT2D eigenvalue weighted by Gasteiger charge is -2.29. The minimum Gasteiger partial charge on any atom is -0.464 e. The highest BCUT2D eigenvalue weighted by Crippen LogP contribution is 2.02. The van der Waals surface area contributed by atoms with E-state index in [2.05, 4.69) is 10.9 Å². The average molecular weight is 290 g/mol. The molecule has 2 atom stereocenters. The van der Waals surface area contributed by atoms with Crippen molar-refractivity contribution in [2.45, 2.75) is 52.6 Å². The molecule has 0 spiro atoms. The minimum atomic E-state index is -1.32. The van der Waals surface area contributed by atoms with Gasteiger partial charge in [-0.15, -0.1) is 0 Å². The van der Waals surface area contributed by atoms with E-state index in [0.29, 0.717) is 12.8 Å². The Morgan fingerprint density at radius 3 is 1.40 bits per heavy atom. The van der Waals surface area contributed by atoms with Gasteiger partial charge in [-0.2, -0.15) is 0 Å². The SMILES string of the molecule is CCC(C)N(NC(=O)NN(C(=O)O)C(C)CC)C(=O)O. The number of nitrogens with one attached hydrogen (secondary N) is 2. The zero-order valence-corrected chi connectivity index (χ0v) is 12.1. The first-order valence-electron chi connectivity index (χ1n) is 6.36. The second kappa shape index (κ2) is 8.08. The summed E-state index contributed by atoms with van der Waals surface area (Å²) in [5.74, 6) is 0. The van der Waals surface area contributed by atoms with Gasteiger partial charge in [0.25, 0.3) is 0 Å². The van der Waals surface area contributed by atoms with Crippen molar-refractivity contribution in [2.75, 3.05) is 0 Å². The third-order valence-corrected chi connectivity index (χ3v) is 2.92. The number of amides is 4. The first-order valence-corrected chi connectivity index (χ1v) is 6.36. The summed E-state index contributed by atoms with van der Waals surface area (Å²) >= 11 is 0. The Kier molecular flexibility index (Phi) is 7.19. The van der Waals surface area contributed by atoms with E-state index >= 15 is 0 Å². The van der Waals surface area contributed by atoms with Crippen LogP contribution in [0.25, 0.3) is 0 Å². The van der Waals surface area contributed by atoms with Crippen molar-refractivity contribution in [3.63, 3.8) is 0 Å². The lowest BCUT2D eigenvalue weighted by Crippen LogP contribution is -2.59. The quantitative estimate of drug-likeness (QED) is 0.587. The fraction of sp³-hybridized carbons (Fsp3) is 0.727. The largest absolute Gasteiger partial charge is 0.464 e.